The molecule has 0 fully saturated rings. The van der Waals surface area contributed by atoms with Crippen molar-refractivity contribution in [1.82, 2.24) is 0 Å². The van der Waals surface area contributed by atoms with Crippen LogP contribution in [0.25, 0.3) is 27.8 Å². The maximum Gasteiger partial charge on any atom is 0.0677 e. The summed E-state index contributed by atoms with van der Waals surface area (Å²) in [5.41, 5.74) is 17.9. The van der Waals surface area contributed by atoms with Gasteiger partial charge < -0.3 is 0 Å². The van der Waals surface area contributed by atoms with Gasteiger partial charge in [-0.25, -0.2) is 0 Å². The van der Waals surface area contributed by atoms with Crippen LogP contribution in [0.2, 0.25) is 0 Å². The van der Waals surface area contributed by atoms with Gasteiger partial charge in [0.25, 0.3) is 0 Å². The Balaban J connectivity index is 1.51. The minimum atomic E-state index is -0.463. The zero-order valence-corrected chi connectivity index (χ0v) is 32.3. The van der Waals surface area contributed by atoms with Gasteiger partial charge in [-0.15, -0.1) is 0 Å². The Morgan fingerprint density at radius 2 is 1.62 bits per heavy atom. The molecule has 0 bridgehead atoms. The molecule has 0 heterocycles. The van der Waals surface area contributed by atoms with Crippen LogP contribution >= 0.6 is 0 Å². The molecule has 3 aliphatic carbocycles. The van der Waals surface area contributed by atoms with E-state index in [1.165, 1.54) is 77.9 Å². The van der Waals surface area contributed by atoms with Crippen LogP contribution < -0.4 is 0 Å². The Morgan fingerprint density at radius 3 is 2.38 bits per heavy atom. The summed E-state index contributed by atoms with van der Waals surface area (Å²) in [5.74, 6) is 0. The Hall–Kier alpha value is -4.98. The maximum atomic E-state index is 4.02. The first-order chi connectivity index (χ1) is 25.3. The van der Waals surface area contributed by atoms with E-state index >= 15 is 0 Å². The molecule has 0 saturated carbocycles. The van der Waals surface area contributed by atoms with Gasteiger partial charge in [-0.05, 0) is 142 Å². The van der Waals surface area contributed by atoms with E-state index in [0.717, 1.165) is 25.7 Å². The van der Waals surface area contributed by atoms with E-state index in [2.05, 4.69) is 203 Å². The molecule has 3 aliphatic rings. The minimum Gasteiger partial charge on any atom is -0.0876 e. The van der Waals surface area contributed by atoms with Gasteiger partial charge in [0.1, 0.15) is 0 Å². The molecule has 2 unspecified atom stereocenters. The van der Waals surface area contributed by atoms with Crippen molar-refractivity contribution >= 4 is 27.0 Å². The molecule has 1 heteroatoms. The van der Waals surface area contributed by atoms with Gasteiger partial charge in [0.15, 0.2) is 0 Å². The summed E-state index contributed by atoms with van der Waals surface area (Å²) >= 11 is 0. The van der Waals surface area contributed by atoms with Gasteiger partial charge in [-0.3, -0.25) is 0 Å². The molecule has 52 heavy (non-hydrogen) atoms. The topological polar surface area (TPSA) is 0 Å². The highest BCUT2D eigenvalue weighted by atomic mass is 28.1. The van der Waals surface area contributed by atoms with Gasteiger partial charge in [0.2, 0.25) is 0 Å². The molecule has 0 amide bonds. The molecule has 0 spiro atoms. The van der Waals surface area contributed by atoms with E-state index in [1.54, 1.807) is 0 Å². The van der Waals surface area contributed by atoms with E-state index in [9.17, 15) is 0 Å². The Kier molecular flexibility index (Phi) is 10.2. The van der Waals surface area contributed by atoms with Crippen molar-refractivity contribution in [2.24, 2.45) is 0 Å². The van der Waals surface area contributed by atoms with Crippen LogP contribution in [0.1, 0.15) is 99.2 Å². The van der Waals surface area contributed by atoms with E-state index in [4.69, 9.17) is 0 Å². The third kappa shape index (κ3) is 6.48. The molecule has 0 aliphatic heterocycles. The van der Waals surface area contributed by atoms with Crippen LogP contribution in [-0.2, 0) is 10.5 Å². The smallest absolute Gasteiger partial charge is 0.0677 e. The summed E-state index contributed by atoms with van der Waals surface area (Å²) in [7, 11) is 4.02. The van der Waals surface area contributed by atoms with E-state index in [0.29, 0.717) is 0 Å². The molecular weight excluding hydrogens is 641 g/mol. The zero-order valence-electron chi connectivity index (χ0n) is 31.3. The maximum absolute atomic E-state index is 4.02. The molecule has 257 valence electrons. The Bertz CT molecular complexity index is 2240. The van der Waals surface area contributed by atoms with Crippen molar-refractivity contribution in [2.45, 2.75) is 70.8 Å². The largest absolute Gasteiger partial charge is 0.0876 e. The van der Waals surface area contributed by atoms with Crippen molar-refractivity contribution in [3.8, 4) is 11.1 Å². The molecule has 0 saturated heterocycles. The summed E-state index contributed by atoms with van der Waals surface area (Å²) in [5, 5.41) is -0.0412. The molecule has 7 rings (SSSR count). The van der Waals surface area contributed by atoms with Crippen molar-refractivity contribution in [2.75, 3.05) is 0 Å². The van der Waals surface area contributed by atoms with Gasteiger partial charge in [-0.1, -0.05) is 159 Å². The molecule has 0 nitrogen and oxygen atoms in total. The van der Waals surface area contributed by atoms with Crippen molar-refractivity contribution < 1.29 is 0 Å². The Labute approximate surface area is 315 Å². The fourth-order valence-electron chi connectivity index (χ4n) is 8.27. The van der Waals surface area contributed by atoms with Gasteiger partial charge in [0, 0.05) is 10.2 Å². The second kappa shape index (κ2) is 14.9. The normalized spacial score (nSPS) is 19.8. The zero-order chi connectivity index (χ0) is 36.3. The summed E-state index contributed by atoms with van der Waals surface area (Å²) < 4.78 is 0. The first kappa shape index (κ1) is 35.4. The van der Waals surface area contributed by atoms with Gasteiger partial charge in [0.05, 0.1) is 5.41 Å². The van der Waals surface area contributed by atoms with Crippen LogP contribution in [0.4, 0.5) is 0 Å². The number of hydrogen-bond donors (Lipinski definition) is 0. The lowest BCUT2D eigenvalue weighted by molar-refractivity contribution is 0.649. The standard InChI is InChI=1S/C51H49Si/c1-6-9-18-37(16-7-2)40-20-14-22-44(33-40)51(45-23-15-21-41(34-45)39-19-11-10-17-36(4)32-39)48-25-13-12-24-46(48)47-31-28-42(35-49(47)51)38-26-29-43(30-27-38)50(5,52)8-3/h6-7,9-12,14-16,18-24,26-35H,8,13,17,25H2,1-5H3/b9-6-,16-7+,37-18+. The molecular formula is C51H49Si. The third-order valence-corrected chi connectivity index (χ3v) is 11.9. The van der Waals surface area contributed by atoms with Crippen molar-refractivity contribution in [1.29, 1.82) is 0 Å². The highest BCUT2D eigenvalue weighted by Crippen LogP contribution is 2.58. The Morgan fingerprint density at radius 1 is 0.846 bits per heavy atom. The predicted octanol–water partition coefficient (Wildman–Crippen LogP) is 13.4. The number of allylic oxidation sites excluding steroid dienone is 16. The average Bonchev–Trinajstić information content (AvgIpc) is 3.29. The quantitative estimate of drug-likeness (QED) is 0.121. The van der Waals surface area contributed by atoms with Crippen LogP contribution in [0.15, 0.2) is 169 Å². The lowest BCUT2D eigenvalue weighted by Gasteiger charge is -2.37. The van der Waals surface area contributed by atoms with Gasteiger partial charge in [-0.2, -0.15) is 0 Å². The second-order valence-corrected chi connectivity index (χ2v) is 15.8. The minimum absolute atomic E-state index is 0.0412. The summed E-state index contributed by atoms with van der Waals surface area (Å²) in [6.45, 7) is 10.9. The van der Waals surface area contributed by atoms with Crippen molar-refractivity contribution in [3.63, 3.8) is 0 Å². The molecule has 4 aromatic rings. The highest BCUT2D eigenvalue weighted by molar-refractivity contribution is 6.15. The molecule has 2 atom stereocenters. The van der Waals surface area contributed by atoms with Gasteiger partial charge >= 0.3 is 0 Å². The predicted molar refractivity (Wildman–Crippen MR) is 226 cm³/mol. The molecule has 3 radical (unpaired) electrons. The van der Waals surface area contributed by atoms with Crippen LogP contribution in [0.5, 0.6) is 0 Å². The first-order valence-electron chi connectivity index (χ1n) is 18.9. The molecule has 4 aromatic carbocycles. The van der Waals surface area contributed by atoms with Crippen LogP contribution in [0, 0.1) is 0 Å². The summed E-state index contributed by atoms with van der Waals surface area (Å²) in [4.78, 5) is 0. The number of benzene rings is 4. The monoisotopic (exact) mass is 689 g/mol. The lowest BCUT2D eigenvalue weighted by Crippen LogP contribution is -2.30. The summed E-state index contributed by atoms with van der Waals surface area (Å²) in [6.07, 6.45) is 28.7. The third-order valence-electron chi connectivity index (χ3n) is 11.2. The van der Waals surface area contributed by atoms with E-state index in [1.807, 2.05) is 0 Å². The number of rotatable bonds is 9. The van der Waals surface area contributed by atoms with Crippen molar-refractivity contribution in [3.05, 3.63) is 208 Å². The molecule has 0 N–H and O–H groups in total. The van der Waals surface area contributed by atoms with E-state index in [-0.39, 0.29) is 5.04 Å². The van der Waals surface area contributed by atoms with Crippen LogP contribution in [0.3, 0.4) is 0 Å². The van der Waals surface area contributed by atoms with E-state index < -0.39 is 5.41 Å². The van der Waals surface area contributed by atoms with Crippen LogP contribution in [-0.4, -0.2) is 10.2 Å². The fraction of sp³-hybridized carbons (Fsp3) is 0.216. The number of hydrogen-bond acceptors (Lipinski definition) is 0. The fourth-order valence-corrected chi connectivity index (χ4v) is 8.43. The first-order valence-corrected chi connectivity index (χ1v) is 19.4. The average molecular weight is 690 g/mol. The lowest BCUT2D eigenvalue weighted by atomic mass is 9.64. The molecule has 0 aromatic heterocycles. The highest BCUT2D eigenvalue weighted by Gasteiger charge is 2.47. The number of fused-ring (bicyclic) bond motifs is 2. The SMILES string of the molecule is C\C=C/C=C(\C=C\C)c1cccc(C2(c3cccc(C4=CC=CCC(C)=C4)c3)C3=C(C=CCC3)c3ccc(-c4ccc(C(C)([Si])CC)cc4)cc32)c1. The second-order valence-electron chi connectivity index (χ2n) is 14.7. The summed E-state index contributed by atoms with van der Waals surface area (Å²) in [6, 6.07) is 35.2.